The fourth-order valence-electron chi connectivity index (χ4n) is 2.77. The second kappa shape index (κ2) is 6.00. The lowest BCUT2D eigenvalue weighted by molar-refractivity contribution is 0.0582. The zero-order valence-electron chi connectivity index (χ0n) is 12.0. The highest BCUT2D eigenvalue weighted by Crippen LogP contribution is 2.29. The summed E-state index contributed by atoms with van der Waals surface area (Å²) in [5.74, 6) is 0.488. The van der Waals surface area contributed by atoms with Crippen LogP contribution in [0.5, 0.6) is 0 Å². The molecule has 2 aromatic rings. The first-order valence-electron chi connectivity index (χ1n) is 7.09. The number of nitrogen functional groups attached to an aromatic ring is 1. The molecule has 1 aliphatic rings. The Morgan fingerprint density at radius 2 is 2.10 bits per heavy atom. The van der Waals surface area contributed by atoms with Crippen molar-refractivity contribution in [1.29, 1.82) is 0 Å². The van der Waals surface area contributed by atoms with Gasteiger partial charge in [-0.3, -0.25) is 4.21 Å². The molecular formula is C17H19NO2S. The van der Waals surface area contributed by atoms with Crippen LogP contribution >= 0.6 is 0 Å². The average Bonchev–Trinajstić information content (AvgIpc) is 2.47. The maximum absolute atomic E-state index is 12.6. The van der Waals surface area contributed by atoms with Crippen LogP contribution in [0.25, 0.3) is 0 Å². The van der Waals surface area contributed by atoms with E-state index in [-0.39, 0.29) is 6.10 Å². The smallest absolute Gasteiger partial charge is 0.0946 e. The van der Waals surface area contributed by atoms with Crippen molar-refractivity contribution in [2.24, 2.45) is 0 Å². The first kappa shape index (κ1) is 14.3. The molecule has 2 N–H and O–H groups in total. The van der Waals surface area contributed by atoms with Crippen LogP contribution in [0.1, 0.15) is 22.8 Å². The summed E-state index contributed by atoms with van der Waals surface area (Å²) in [4.78, 5) is 0.843. The molecule has 2 unspecified atom stereocenters. The molecule has 21 heavy (non-hydrogen) atoms. The van der Waals surface area contributed by atoms with Crippen molar-refractivity contribution in [2.75, 3.05) is 18.1 Å². The second-order valence-electron chi connectivity index (χ2n) is 5.35. The van der Waals surface area contributed by atoms with Gasteiger partial charge in [-0.1, -0.05) is 24.3 Å². The van der Waals surface area contributed by atoms with Gasteiger partial charge < -0.3 is 10.5 Å². The largest absolute Gasteiger partial charge is 0.399 e. The van der Waals surface area contributed by atoms with E-state index in [0.717, 1.165) is 16.9 Å². The summed E-state index contributed by atoms with van der Waals surface area (Å²) in [6, 6.07) is 13.8. The maximum atomic E-state index is 12.6. The van der Waals surface area contributed by atoms with Crippen LogP contribution < -0.4 is 5.73 Å². The molecule has 110 valence electrons. The Kier molecular flexibility index (Phi) is 4.08. The molecule has 3 nitrogen and oxygen atoms in total. The Bertz CT molecular complexity index is 684. The summed E-state index contributed by atoms with van der Waals surface area (Å²) >= 11 is 0. The average molecular weight is 301 g/mol. The molecule has 2 aromatic carbocycles. The Morgan fingerprint density at radius 3 is 2.90 bits per heavy atom. The minimum absolute atomic E-state index is 0.0901. The molecule has 0 saturated heterocycles. The lowest BCUT2D eigenvalue weighted by atomic mass is 9.99. The summed E-state index contributed by atoms with van der Waals surface area (Å²) < 4.78 is 18.5. The lowest BCUT2D eigenvalue weighted by Gasteiger charge is -2.25. The quantitative estimate of drug-likeness (QED) is 0.887. The molecule has 0 aliphatic carbocycles. The van der Waals surface area contributed by atoms with E-state index < -0.39 is 10.8 Å². The third-order valence-corrected chi connectivity index (χ3v) is 5.39. The normalized spacial score (nSPS) is 19.0. The second-order valence-corrected chi connectivity index (χ2v) is 6.81. The van der Waals surface area contributed by atoms with Gasteiger partial charge in [0.15, 0.2) is 0 Å². The van der Waals surface area contributed by atoms with E-state index in [2.05, 4.69) is 12.1 Å². The monoisotopic (exact) mass is 301 g/mol. The molecule has 3 rings (SSSR count). The maximum Gasteiger partial charge on any atom is 0.0946 e. The number of rotatable bonds is 3. The Labute approximate surface area is 127 Å². The highest BCUT2D eigenvalue weighted by Gasteiger charge is 2.23. The van der Waals surface area contributed by atoms with Crippen molar-refractivity contribution >= 4 is 16.5 Å². The van der Waals surface area contributed by atoms with E-state index in [1.165, 1.54) is 11.1 Å². The molecule has 0 saturated carbocycles. The van der Waals surface area contributed by atoms with Gasteiger partial charge in [-0.2, -0.15) is 0 Å². The standard InChI is InChI=1S/C17H19NO2S/c1-12-10-14(18)6-7-17(12)21(19)11-16-15-5-3-2-4-13(15)8-9-20-16/h2-7,10,16H,8-9,11,18H2,1H3. The minimum Gasteiger partial charge on any atom is -0.399 e. The molecule has 0 aromatic heterocycles. The molecular weight excluding hydrogens is 282 g/mol. The van der Waals surface area contributed by atoms with Gasteiger partial charge in [-0.05, 0) is 48.2 Å². The summed E-state index contributed by atoms with van der Waals surface area (Å²) in [6.45, 7) is 2.64. The SMILES string of the molecule is Cc1cc(N)ccc1S(=O)CC1OCCc2ccccc21. The fraction of sp³-hybridized carbons (Fsp3) is 0.294. The molecule has 1 aliphatic heterocycles. The summed E-state index contributed by atoms with van der Waals surface area (Å²) in [5, 5.41) is 0. The molecule has 2 atom stereocenters. The van der Waals surface area contributed by atoms with Gasteiger partial charge in [0.1, 0.15) is 0 Å². The Morgan fingerprint density at radius 1 is 1.29 bits per heavy atom. The van der Waals surface area contributed by atoms with Crippen LogP contribution in [0, 0.1) is 6.92 Å². The van der Waals surface area contributed by atoms with Crippen molar-refractivity contribution in [3.63, 3.8) is 0 Å². The van der Waals surface area contributed by atoms with Gasteiger partial charge in [0.25, 0.3) is 0 Å². The zero-order chi connectivity index (χ0) is 14.8. The third kappa shape index (κ3) is 3.01. The number of ether oxygens (including phenoxy) is 1. The first-order chi connectivity index (χ1) is 10.1. The van der Waals surface area contributed by atoms with Crippen LogP contribution in [-0.4, -0.2) is 16.6 Å². The van der Waals surface area contributed by atoms with Crippen molar-refractivity contribution in [3.05, 3.63) is 59.2 Å². The van der Waals surface area contributed by atoms with E-state index in [9.17, 15) is 4.21 Å². The van der Waals surface area contributed by atoms with Crippen molar-refractivity contribution < 1.29 is 8.95 Å². The number of hydrogen-bond donors (Lipinski definition) is 1. The minimum atomic E-state index is -1.09. The molecule has 0 spiro atoms. The number of anilines is 1. The highest BCUT2D eigenvalue weighted by molar-refractivity contribution is 7.85. The van der Waals surface area contributed by atoms with Crippen LogP contribution in [-0.2, 0) is 22.0 Å². The zero-order valence-corrected chi connectivity index (χ0v) is 12.9. The van der Waals surface area contributed by atoms with Crippen molar-refractivity contribution in [1.82, 2.24) is 0 Å². The number of aryl methyl sites for hydroxylation is 1. The predicted octanol–water partition coefficient (Wildman–Crippen LogP) is 3.00. The third-order valence-electron chi connectivity index (χ3n) is 3.84. The molecule has 1 heterocycles. The van der Waals surface area contributed by atoms with E-state index in [0.29, 0.717) is 18.0 Å². The molecule has 0 bridgehead atoms. The van der Waals surface area contributed by atoms with Gasteiger partial charge in [0.2, 0.25) is 0 Å². The van der Waals surface area contributed by atoms with Crippen LogP contribution in [0.3, 0.4) is 0 Å². The van der Waals surface area contributed by atoms with E-state index in [4.69, 9.17) is 10.5 Å². The van der Waals surface area contributed by atoms with Gasteiger partial charge in [-0.15, -0.1) is 0 Å². The van der Waals surface area contributed by atoms with Crippen molar-refractivity contribution in [2.45, 2.75) is 24.3 Å². The molecule has 4 heteroatoms. The van der Waals surface area contributed by atoms with Gasteiger partial charge >= 0.3 is 0 Å². The van der Waals surface area contributed by atoms with E-state index in [1.54, 1.807) is 6.07 Å². The first-order valence-corrected chi connectivity index (χ1v) is 8.41. The van der Waals surface area contributed by atoms with Gasteiger partial charge in [0.05, 0.1) is 29.3 Å². The molecule has 0 fully saturated rings. The van der Waals surface area contributed by atoms with Gasteiger partial charge in [0, 0.05) is 10.6 Å². The number of benzene rings is 2. The van der Waals surface area contributed by atoms with Crippen LogP contribution in [0.2, 0.25) is 0 Å². The summed E-state index contributed by atoms with van der Waals surface area (Å²) in [5.41, 5.74) is 9.90. The molecule has 0 amide bonds. The fourth-order valence-corrected chi connectivity index (χ4v) is 4.14. The Hall–Kier alpha value is -1.65. The predicted molar refractivity (Wildman–Crippen MR) is 85.7 cm³/mol. The Balaban J connectivity index is 1.83. The van der Waals surface area contributed by atoms with Crippen molar-refractivity contribution in [3.8, 4) is 0 Å². The van der Waals surface area contributed by atoms with Gasteiger partial charge in [-0.25, -0.2) is 0 Å². The highest BCUT2D eigenvalue weighted by atomic mass is 32.2. The number of fused-ring (bicyclic) bond motifs is 1. The number of hydrogen-bond acceptors (Lipinski definition) is 3. The van der Waals surface area contributed by atoms with E-state index >= 15 is 0 Å². The summed E-state index contributed by atoms with van der Waals surface area (Å²) in [7, 11) is -1.09. The van der Waals surface area contributed by atoms with Crippen LogP contribution in [0.4, 0.5) is 5.69 Å². The van der Waals surface area contributed by atoms with Crippen LogP contribution in [0.15, 0.2) is 47.4 Å². The topological polar surface area (TPSA) is 52.3 Å². The lowest BCUT2D eigenvalue weighted by Crippen LogP contribution is -2.21. The van der Waals surface area contributed by atoms with E-state index in [1.807, 2.05) is 31.2 Å². The number of nitrogens with two attached hydrogens (primary N) is 1. The summed E-state index contributed by atoms with van der Waals surface area (Å²) in [6.07, 6.45) is 0.841. The molecule has 0 radical (unpaired) electrons.